The van der Waals surface area contributed by atoms with Crippen LogP contribution >= 0.6 is 0 Å². The highest BCUT2D eigenvalue weighted by molar-refractivity contribution is 5.43. The molecule has 1 aromatic carbocycles. The van der Waals surface area contributed by atoms with Gasteiger partial charge in [0.25, 0.3) is 0 Å². The number of phenols is 2. The van der Waals surface area contributed by atoms with E-state index in [1.54, 1.807) is 18.2 Å². The quantitative estimate of drug-likeness (QED) is 0.691. The molecule has 1 aromatic rings. The first-order valence-electron chi connectivity index (χ1n) is 5.48. The summed E-state index contributed by atoms with van der Waals surface area (Å²) in [5.74, 6) is 1.01. The Morgan fingerprint density at radius 3 is 2.33 bits per heavy atom. The number of benzene rings is 1. The van der Waals surface area contributed by atoms with Crippen LogP contribution < -0.4 is 5.32 Å². The lowest BCUT2D eigenvalue weighted by molar-refractivity contribution is 0.358. The summed E-state index contributed by atoms with van der Waals surface area (Å²) in [6.45, 7) is 2.08. The molecule has 2 rings (SSSR count). The second-order valence-electron chi connectivity index (χ2n) is 4.17. The number of phenolic OH excluding ortho intramolecular Hbond substituents is 2. The lowest BCUT2D eigenvalue weighted by Gasteiger charge is -2.23. The van der Waals surface area contributed by atoms with Gasteiger partial charge in [-0.25, -0.2) is 0 Å². The number of hydrogen-bond acceptors (Lipinski definition) is 3. The molecule has 3 nitrogen and oxygen atoms in total. The molecular formula is C12H17NO2. The van der Waals surface area contributed by atoms with E-state index in [0.29, 0.717) is 11.5 Å². The topological polar surface area (TPSA) is 52.5 Å². The SMILES string of the molecule is Oc1cccc(O)c1CC1CCNCC1. The van der Waals surface area contributed by atoms with E-state index in [2.05, 4.69) is 5.32 Å². The summed E-state index contributed by atoms with van der Waals surface area (Å²) in [5.41, 5.74) is 0.699. The number of hydrogen-bond donors (Lipinski definition) is 3. The number of piperidine rings is 1. The summed E-state index contributed by atoms with van der Waals surface area (Å²) in [7, 11) is 0. The van der Waals surface area contributed by atoms with Gasteiger partial charge in [0.1, 0.15) is 11.5 Å². The molecule has 0 saturated carbocycles. The van der Waals surface area contributed by atoms with Gasteiger partial charge in [0.2, 0.25) is 0 Å². The lowest BCUT2D eigenvalue weighted by atomic mass is 9.90. The van der Waals surface area contributed by atoms with Crippen molar-refractivity contribution in [2.75, 3.05) is 13.1 Å². The Bertz CT molecular complexity index is 312. The molecule has 0 unspecified atom stereocenters. The van der Waals surface area contributed by atoms with Crippen molar-refractivity contribution in [3.05, 3.63) is 23.8 Å². The number of aromatic hydroxyl groups is 2. The Kier molecular flexibility index (Phi) is 3.11. The van der Waals surface area contributed by atoms with Gasteiger partial charge in [-0.2, -0.15) is 0 Å². The van der Waals surface area contributed by atoms with Crippen LogP contribution in [0.2, 0.25) is 0 Å². The molecule has 0 radical (unpaired) electrons. The molecule has 0 spiro atoms. The van der Waals surface area contributed by atoms with Crippen molar-refractivity contribution in [3.63, 3.8) is 0 Å². The van der Waals surface area contributed by atoms with Crippen molar-refractivity contribution in [1.29, 1.82) is 0 Å². The summed E-state index contributed by atoms with van der Waals surface area (Å²) < 4.78 is 0. The van der Waals surface area contributed by atoms with E-state index in [1.165, 1.54) is 0 Å². The summed E-state index contributed by atoms with van der Waals surface area (Å²) in [4.78, 5) is 0. The first kappa shape index (κ1) is 10.3. The van der Waals surface area contributed by atoms with E-state index in [9.17, 15) is 10.2 Å². The molecule has 3 N–H and O–H groups in total. The van der Waals surface area contributed by atoms with Crippen molar-refractivity contribution in [1.82, 2.24) is 5.32 Å². The van der Waals surface area contributed by atoms with E-state index >= 15 is 0 Å². The van der Waals surface area contributed by atoms with Crippen LogP contribution in [0.4, 0.5) is 0 Å². The van der Waals surface area contributed by atoms with E-state index in [0.717, 1.165) is 32.4 Å². The molecule has 1 fully saturated rings. The van der Waals surface area contributed by atoms with Gasteiger partial charge < -0.3 is 15.5 Å². The Hall–Kier alpha value is -1.22. The molecule has 1 heterocycles. The van der Waals surface area contributed by atoms with Crippen LogP contribution in [-0.4, -0.2) is 23.3 Å². The van der Waals surface area contributed by atoms with E-state index < -0.39 is 0 Å². The van der Waals surface area contributed by atoms with Crippen LogP contribution in [0.25, 0.3) is 0 Å². The molecule has 0 aromatic heterocycles. The van der Waals surface area contributed by atoms with Gasteiger partial charge in [-0.05, 0) is 50.4 Å². The third-order valence-electron chi connectivity index (χ3n) is 3.08. The zero-order valence-corrected chi connectivity index (χ0v) is 8.74. The molecular weight excluding hydrogens is 190 g/mol. The molecule has 0 bridgehead atoms. The van der Waals surface area contributed by atoms with Crippen LogP contribution in [0.5, 0.6) is 11.5 Å². The highest BCUT2D eigenvalue weighted by atomic mass is 16.3. The largest absolute Gasteiger partial charge is 0.508 e. The number of nitrogens with one attached hydrogen (secondary N) is 1. The molecule has 1 aliphatic heterocycles. The van der Waals surface area contributed by atoms with Crippen molar-refractivity contribution in [2.45, 2.75) is 19.3 Å². The summed E-state index contributed by atoms with van der Waals surface area (Å²) >= 11 is 0. The van der Waals surface area contributed by atoms with E-state index in [1.807, 2.05) is 0 Å². The maximum atomic E-state index is 9.65. The highest BCUT2D eigenvalue weighted by Crippen LogP contribution is 2.30. The predicted molar refractivity (Wildman–Crippen MR) is 59.1 cm³/mol. The normalized spacial score (nSPS) is 17.9. The molecule has 82 valence electrons. The molecule has 0 atom stereocenters. The Labute approximate surface area is 89.8 Å². The first-order valence-corrected chi connectivity index (χ1v) is 5.48. The standard InChI is InChI=1S/C12H17NO2/c14-11-2-1-3-12(15)10(11)8-9-4-6-13-7-5-9/h1-3,9,13-15H,4-8H2. The molecule has 3 heteroatoms. The smallest absolute Gasteiger partial charge is 0.122 e. The van der Waals surface area contributed by atoms with Gasteiger partial charge in [-0.3, -0.25) is 0 Å². The minimum atomic E-state index is 0.216. The maximum absolute atomic E-state index is 9.65. The fraction of sp³-hybridized carbons (Fsp3) is 0.500. The minimum Gasteiger partial charge on any atom is -0.508 e. The minimum absolute atomic E-state index is 0.216. The van der Waals surface area contributed by atoms with Crippen LogP contribution in [0.15, 0.2) is 18.2 Å². The second kappa shape index (κ2) is 4.53. The van der Waals surface area contributed by atoms with Crippen molar-refractivity contribution < 1.29 is 10.2 Å². The predicted octanol–water partition coefficient (Wildman–Crippen LogP) is 1.64. The van der Waals surface area contributed by atoms with Crippen molar-refractivity contribution in [2.24, 2.45) is 5.92 Å². The number of rotatable bonds is 2. The first-order chi connectivity index (χ1) is 7.27. The Morgan fingerprint density at radius 2 is 1.73 bits per heavy atom. The van der Waals surface area contributed by atoms with E-state index in [-0.39, 0.29) is 11.5 Å². The lowest BCUT2D eigenvalue weighted by Crippen LogP contribution is -2.28. The maximum Gasteiger partial charge on any atom is 0.122 e. The van der Waals surface area contributed by atoms with E-state index in [4.69, 9.17) is 0 Å². The molecule has 1 saturated heterocycles. The Balaban J connectivity index is 2.09. The summed E-state index contributed by atoms with van der Waals surface area (Å²) in [5, 5.41) is 22.6. The van der Waals surface area contributed by atoms with Gasteiger partial charge in [0.05, 0.1) is 0 Å². The van der Waals surface area contributed by atoms with Crippen LogP contribution in [0.3, 0.4) is 0 Å². The average molecular weight is 207 g/mol. The van der Waals surface area contributed by atoms with Gasteiger partial charge in [-0.15, -0.1) is 0 Å². The fourth-order valence-corrected chi connectivity index (χ4v) is 2.15. The highest BCUT2D eigenvalue weighted by Gasteiger charge is 2.17. The van der Waals surface area contributed by atoms with Crippen molar-refractivity contribution in [3.8, 4) is 11.5 Å². The van der Waals surface area contributed by atoms with Crippen LogP contribution in [0, 0.1) is 5.92 Å². The Morgan fingerprint density at radius 1 is 1.13 bits per heavy atom. The fourth-order valence-electron chi connectivity index (χ4n) is 2.15. The zero-order valence-electron chi connectivity index (χ0n) is 8.74. The van der Waals surface area contributed by atoms with Gasteiger partial charge in [-0.1, -0.05) is 6.07 Å². The average Bonchev–Trinajstić information content (AvgIpc) is 2.25. The molecule has 0 aliphatic carbocycles. The van der Waals surface area contributed by atoms with Gasteiger partial charge >= 0.3 is 0 Å². The zero-order chi connectivity index (χ0) is 10.7. The van der Waals surface area contributed by atoms with Gasteiger partial charge in [0, 0.05) is 5.56 Å². The summed E-state index contributed by atoms with van der Waals surface area (Å²) in [6.07, 6.45) is 3.02. The van der Waals surface area contributed by atoms with Crippen LogP contribution in [-0.2, 0) is 6.42 Å². The monoisotopic (exact) mass is 207 g/mol. The molecule has 1 aliphatic rings. The van der Waals surface area contributed by atoms with Gasteiger partial charge in [0.15, 0.2) is 0 Å². The second-order valence-corrected chi connectivity index (χ2v) is 4.17. The molecule has 0 amide bonds. The third-order valence-corrected chi connectivity index (χ3v) is 3.08. The van der Waals surface area contributed by atoms with Crippen LogP contribution in [0.1, 0.15) is 18.4 Å². The third kappa shape index (κ3) is 2.42. The molecule has 15 heavy (non-hydrogen) atoms. The summed E-state index contributed by atoms with van der Waals surface area (Å²) in [6, 6.07) is 4.93. The van der Waals surface area contributed by atoms with Crippen molar-refractivity contribution >= 4 is 0 Å².